The SMILES string of the molecule is COc1ccc2c(c1)[C@@H](C)CC[C@@]2(O)C(C)C. The van der Waals surface area contributed by atoms with E-state index in [0.29, 0.717) is 5.92 Å². The second-order valence-electron chi connectivity index (χ2n) is 5.47. The van der Waals surface area contributed by atoms with E-state index in [4.69, 9.17) is 4.74 Å². The first kappa shape index (κ1) is 12.4. The van der Waals surface area contributed by atoms with Crippen molar-refractivity contribution < 1.29 is 9.84 Å². The van der Waals surface area contributed by atoms with Crippen LogP contribution in [0.4, 0.5) is 0 Å². The second-order valence-corrected chi connectivity index (χ2v) is 5.47. The number of hydrogen-bond acceptors (Lipinski definition) is 2. The van der Waals surface area contributed by atoms with Gasteiger partial charge >= 0.3 is 0 Å². The fourth-order valence-electron chi connectivity index (χ4n) is 2.80. The number of fused-ring (bicyclic) bond motifs is 1. The van der Waals surface area contributed by atoms with E-state index < -0.39 is 5.60 Å². The molecule has 0 spiro atoms. The van der Waals surface area contributed by atoms with Gasteiger partial charge in [0.2, 0.25) is 0 Å². The molecule has 1 aliphatic rings. The Bertz CT molecular complexity index is 411. The van der Waals surface area contributed by atoms with E-state index in [1.165, 1.54) is 5.56 Å². The lowest BCUT2D eigenvalue weighted by atomic mass is 9.70. The molecule has 0 aliphatic heterocycles. The van der Waals surface area contributed by atoms with Gasteiger partial charge in [-0.15, -0.1) is 0 Å². The van der Waals surface area contributed by atoms with Crippen molar-refractivity contribution in [3.05, 3.63) is 29.3 Å². The zero-order valence-corrected chi connectivity index (χ0v) is 11.2. The molecule has 0 heterocycles. The number of ether oxygens (including phenoxy) is 1. The van der Waals surface area contributed by atoms with Crippen molar-refractivity contribution in [2.45, 2.75) is 45.1 Å². The zero-order valence-electron chi connectivity index (χ0n) is 11.2. The van der Waals surface area contributed by atoms with Crippen molar-refractivity contribution in [3.8, 4) is 5.75 Å². The Labute approximate surface area is 104 Å². The minimum Gasteiger partial charge on any atom is -0.497 e. The highest BCUT2D eigenvalue weighted by Gasteiger charge is 2.39. The van der Waals surface area contributed by atoms with Crippen LogP contribution in [0, 0.1) is 5.92 Å². The van der Waals surface area contributed by atoms with Crippen molar-refractivity contribution in [2.24, 2.45) is 5.92 Å². The number of aliphatic hydroxyl groups is 1. The first-order valence-electron chi connectivity index (χ1n) is 6.40. The molecule has 0 unspecified atom stereocenters. The van der Waals surface area contributed by atoms with Gasteiger partial charge in [0.15, 0.2) is 0 Å². The van der Waals surface area contributed by atoms with Gasteiger partial charge in [0.25, 0.3) is 0 Å². The van der Waals surface area contributed by atoms with Crippen LogP contribution < -0.4 is 4.74 Å². The Balaban J connectivity index is 2.54. The molecule has 0 amide bonds. The van der Waals surface area contributed by atoms with Gasteiger partial charge in [-0.1, -0.05) is 26.8 Å². The molecule has 0 fully saturated rings. The fraction of sp³-hybridized carbons (Fsp3) is 0.600. The predicted molar refractivity (Wildman–Crippen MR) is 69.4 cm³/mol. The van der Waals surface area contributed by atoms with Crippen molar-refractivity contribution in [1.29, 1.82) is 0 Å². The van der Waals surface area contributed by atoms with E-state index >= 15 is 0 Å². The molecule has 1 N–H and O–H groups in total. The molecule has 2 nitrogen and oxygen atoms in total. The van der Waals surface area contributed by atoms with Gasteiger partial charge in [0.1, 0.15) is 5.75 Å². The van der Waals surface area contributed by atoms with E-state index in [2.05, 4.69) is 26.8 Å². The quantitative estimate of drug-likeness (QED) is 0.849. The van der Waals surface area contributed by atoms with Gasteiger partial charge in [-0.3, -0.25) is 0 Å². The minimum absolute atomic E-state index is 0.238. The fourth-order valence-corrected chi connectivity index (χ4v) is 2.80. The maximum atomic E-state index is 10.8. The van der Waals surface area contributed by atoms with Crippen LogP contribution in [-0.2, 0) is 5.60 Å². The molecular weight excluding hydrogens is 212 g/mol. The normalized spacial score (nSPS) is 28.0. The summed E-state index contributed by atoms with van der Waals surface area (Å²) in [6.07, 6.45) is 1.89. The molecule has 0 saturated heterocycles. The maximum absolute atomic E-state index is 10.8. The van der Waals surface area contributed by atoms with Gasteiger partial charge < -0.3 is 9.84 Å². The summed E-state index contributed by atoms with van der Waals surface area (Å²) in [7, 11) is 1.68. The summed E-state index contributed by atoms with van der Waals surface area (Å²) in [6, 6.07) is 6.06. The van der Waals surface area contributed by atoms with Crippen LogP contribution in [0.25, 0.3) is 0 Å². The summed E-state index contributed by atoms with van der Waals surface area (Å²) in [5.74, 6) is 1.62. The summed E-state index contributed by atoms with van der Waals surface area (Å²) in [4.78, 5) is 0. The molecule has 0 aromatic heterocycles. The zero-order chi connectivity index (χ0) is 12.6. The van der Waals surface area contributed by atoms with E-state index in [-0.39, 0.29) is 5.92 Å². The highest BCUT2D eigenvalue weighted by Crippen LogP contribution is 2.46. The van der Waals surface area contributed by atoms with Crippen molar-refractivity contribution in [2.75, 3.05) is 7.11 Å². The predicted octanol–water partition coefficient (Wildman–Crippen LogP) is 3.44. The Morgan fingerprint density at radius 3 is 2.71 bits per heavy atom. The van der Waals surface area contributed by atoms with Crippen LogP contribution >= 0.6 is 0 Å². The molecule has 1 aliphatic carbocycles. The van der Waals surface area contributed by atoms with Crippen molar-refractivity contribution in [1.82, 2.24) is 0 Å². The number of hydrogen-bond donors (Lipinski definition) is 1. The summed E-state index contributed by atoms with van der Waals surface area (Å²) in [6.45, 7) is 6.40. The van der Waals surface area contributed by atoms with Crippen LogP contribution in [0.1, 0.15) is 50.7 Å². The summed E-state index contributed by atoms with van der Waals surface area (Å²) < 4.78 is 5.28. The molecule has 0 bridgehead atoms. The number of methoxy groups -OCH3 is 1. The van der Waals surface area contributed by atoms with Gasteiger partial charge in [0, 0.05) is 0 Å². The Hall–Kier alpha value is -1.02. The second kappa shape index (κ2) is 4.34. The van der Waals surface area contributed by atoms with Gasteiger partial charge in [-0.25, -0.2) is 0 Å². The van der Waals surface area contributed by atoms with Crippen molar-refractivity contribution >= 4 is 0 Å². The maximum Gasteiger partial charge on any atom is 0.119 e. The Morgan fingerprint density at radius 1 is 1.41 bits per heavy atom. The standard InChI is InChI=1S/C15H22O2/c1-10(2)15(16)8-7-11(3)13-9-12(17-4)5-6-14(13)15/h5-6,9-11,16H,7-8H2,1-4H3/t11-,15+/m0/s1. The van der Waals surface area contributed by atoms with Crippen LogP contribution in [-0.4, -0.2) is 12.2 Å². The van der Waals surface area contributed by atoms with Gasteiger partial charge in [0.05, 0.1) is 12.7 Å². The minimum atomic E-state index is -0.673. The number of benzene rings is 1. The van der Waals surface area contributed by atoms with E-state index in [1.54, 1.807) is 7.11 Å². The van der Waals surface area contributed by atoms with Crippen molar-refractivity contribution in [3.63, 3.8) is 0 Å². The van der Waals surface area contributed by atoms with E-state index in [9.17, 15) is 5.11 Å². The molecule has 2 heteroatoms. The van der Waals surface area contributed by atoms with Crippen LogP contribution in [0.5, 0.6) is 5.75 Å². The summed E-state index contributed by atoms with van der Waals surface area (Å²) in [5.41, 5.74) is 1.66. The van der Waals surface area contributed by atoms with Crippen LogP contribution in [0.15, 0.2) is 18.2 Å². The first-order chi connectivity index (χ1) is 7.99. The topological polar surface area (TPSA) is 29.5 Å². The average molecular weight is 234 g/mol. The smallest absolute Gasteiger partial charge is 0.119 e. The largest absolute Gasteiger partial charge is 0.497 e. The van der Waals surface area contributed by atoms with Gasteiger partial charge in [-0.2, -0.15) is 0 Å². The highest BCUT2D eigenvalue weighted by atomic mass is 16.5. The molecule has 2 rings (SSSR count). The lowest BCUT2D eigenvalue weighted by Crippen LogP contribution is -2.36. The molecule has 2 atom stereocenters. The molecule has 17 heavy (non-hydrogen) atoms. The highest BCUT2D eigenvalue weighted by molar-refractivity contribution is 5.43. The number of rotatable bonds is 2. The van der Waals surface area contributed by atoms with E-state index in [0.717, 1.165) is 24.2 Å². The lowest BCUT2D eigenvalue weighted by Gasteiger charge is -2.40. The third kappa shape index (κ3) is 1.95. The molecule has 0 radical (unpaired) electrons. The Morgan fingerprint density at radius 2 is 2.12 bits per heavy atom. The molecule has 0 saturated carbocycles. The third-order valence-electron chi connectivity index (χ3n) is 4.17. The van der Waals surface area contributed by atoms with Gasteiger partial charge in [-0.05, 0) is 47.9 Å². The van der Waals surface area contributed by atoms with Crippen LogP contribution in [0.2, 0.25) is 0 Å². The molecule has 1 aromatic carbocycles. The molecule has 1 aromatic rings. The average Bonchev–Trinajstić information content (AvgIpc) is 2.33. The molecule has 94 valence electrons. The first-order valence-corrected chi connectivity index (χ1v) is 6.40. The summed E-state index contributed by atoms with van der Waals surface area (Å²) in [5, 5.41) is 10.8. The van der Waals surface area contributed by atoms with E-state index in [1.807, 2.05) is 12.1 Å². The third-order valence-corrected chi connectivity index (χ3v) is 4.17. The lowest BCUT2D eigenvalue weighted by molar-refractivity contribution is -0.0286. The molecular formula is C15H22O2. The summed E-state index contributed by atoms with van der Waals surface area (Å²) >= 11 is 0. The Kier molecular flexibility index (Phi) is 3.17. The monoisotopic (exact) mass is 234 g/mol. The van der Waals surface area contributed by atoms with Crippen LogP contribution in [0.3, 0.4) is 0 Å².